The highest BCUT2D eigenvalue weighted by molar-refractivity contribution is 6.00. The van der Waals surface area contributed by atoms with Crippen LogP contribution in [0, 0.1) is 11.3 Å². The minimum absolute atomic E-state index is 0.00258. The molecule has 0 fully saturated rings. The Labute approximate surface area is 162 Å². The fraction of sp³-hybridized carbons (Fsp3) is 0.136. The van der Waals surface area contributed by atoms with Crippen LogP contribution in [-0.4, -0.2) is 24.2 Å². The van der Waals surface area contributed by atoms with Crippen molar-refractivity contribution in [2.24, 2.45) is 0 Å². The van der Waals surface area contributed by atoms with E-state index in [2.05, 4.69) is 5.32 Å². The number of carbonyl (C=O) groups excluding carboxylic acids is 1. The Morgan fingerprint density at radius 2 is 1.71 bits per heavy atom. The van der Waals surface area contributed by atoms with E-state index in [1.165, 1.54) is 7.11 Å². The lowest BCUT2D eigenvalue weighted by atomic mass is 9.77. The zero-order valence-electron chi connectivity index (χ0n) is 15.4. The van der Waals surface area contributed by atoms with Crippen LogP contribution in [0.2, 0.25) is 0 Å². The molecule has 0 amide bonds. The Bertz CT molecular complexity index is 1050. The molecule has 2 aromatic rings. The first-order valence-corrected chi connectivity index (χ1v) is 8.57. The topological polar surface area (TPSA) is 99.4 Å². The minimum atomic E-state index is -1.17. The zero-order chi connectivity index (χ0) is 20.3. The highest BCUT2D eigenvalue weighted by Gasteiger charge is 2.39. The largest absolute Gasteiger partial charge is 0.478 e. The Hall–Kier alpha value is -3.85. The Balaban J connectivity index is 2.34. The number of methoxy groups -OCH3 is 1. The molecule has 6 heteroatoms. The summed E-state index contributed by atoms with van der Waals surface area (Å²) in [6.45, 7) is 1.58. The van der Waals surface area contributed by atoms with E-state index in [-0.39, 0.29) is 16.8 Å². The van der Waals surface area contributed by atoms with Gasteiger partial charge in [0.05, 0.1) is 24.2 Å². The number of benzene rings is 2. The lowest BCUT2D eigenvalue weighted by Gasteiger charge is -2.29. The number of carboxylic acid groups (broad SMARTS) is 1. The molecule has 0 saturated heterocycles. The van der Waals surface area contributed by atoms with Crippen molar-refractivity contribution in [3.05, 3.63) is 82.7 Å². The predicted octanol–water partition coefficient (Wildman–Crippen LogP) is 3.35. The fourth-order valence-corrected chi connectivity index (χ4v) is 3.47. The third kappa shape index (κ3) is 3.26. The van der Waals surface area contributed by atoms with Gasteiger partial charge in [-0.2, -0.15) is 5.26 Å². The molecule has 0 spiro atoms. The van der Waals surface area contributed by atoms with Crippen LogP contribution in [0.3, 0.4) is 0 Å². The molecule has 1 aliphatic heterocycles. The molecule has 3 rings (SSSR count). The number of nitrogens with one attached hydrogen (secondary N) is 1. The molecule has 0 bridgehead atoms. The quantitative estimate of drug-likeness (QED) is 0.796. The molecule has 6 nitrogen and oxygen atoms in total. The summed E-state index contributed by atoms with van der Waals surface area (Å²) in [5, 5.41) is 22.2. The number of rotatable bonds is 4. The smallest absolute Gasteiger partial charge is 0.337 e. The van der Waals surface area contributed by atoms with Crippen LogP contribution >= 0.6 is 0 Å². The van der Waals surface area contributed by atoms with Gasteiger partial charge in [-0.05, 0) is 23.6 Å². The van der Waals surface area contributed by atoms with Gasteiger partial charge in [0, 0.05) is 5.70 Å². The molecule has 0 saturated carbocycles. The van der Waals surface area contributed by atoms with Gasteiger partial charge in [0.2, 0.25) is 0 Å². The SMILES string of the molecule is COC(=O)C1=C(C#N)NC(C)=C(C(=O)O)C1c1ccccc1-c1ccccc1. The second kappa shape index (κ2) is 7.80. The van der Waals surface area contributed by atoms with E-state index in [4.69, 9.17) is 4.74 Å². The number of nitriles is 1. The Morgan fingerprint density at radius 1 is 1.07 bits per heavy atom. The summed E-state index contributed by atoms with van der Waals surface area (Å²) in [4.78, 5) is 24.6. The number of nitrogens with zero attached hydrogens (tertiary/aromatic N) is 1. The van der Waals surface area contributed by atoms with E-state index in [9.17, 15) is 20.0 Å². The van der Waals surface area contributed by atoms with E-state index in [1.807, 2.05) is 48.5 Å². The number of allylic oxidation sites excluding steroid dienone is 2. The van der Waals surface area contributed by atoms with Crippen molar-refractivity contribution < 1.29 is 19.4 Å². The van der Waals surface area contributed by atoms with Crippen LogP contribution < -0.4 is 5.32 Å². The van der Waals surface area contributed by atoms with Gasteiger partial charge >= 0.3 is 11.9 Å². The highest BCUT2D eigenvalue weighted by atomic mass is 16.5. The van der Waals surface area contributed by atoms with Gasteiger partial charge in [0.15, 0.2) is 0 Å². The highest BCUT2D eigenvalue weighted by Crippen LogP contribution is 2.42. The van der Waals surface area contributed by atoms with E-state index in [0.717, 1.165) is 11.1 Å². The van der Waals surface area contributed by atoms with E-state index < -0.39 is 17.9 Å². The maximum Gasteiger partial charge on any atom is 0.337 e. The molecule has 0 radical (unpaired) electrons. The monoisotopic (exact) mass is 374 g/mol. The van der Waals surface area contributed by atoms with Crippen LogP contribution in [0.4, 0.5) is 0 Å². The molecule has 1 heterocycles. The molecule has 2 aromatic carbocycles. The van der Waals surface area contributed by atoms with Gasteiger partial charge < -0.3 is 15.2 Å². The van der Waals surface area contributed by atoms with Crippen molar-refractivity contribution in [3.63, 3.8) is 0 Å². The first kappa shape index (κ1) is 18.9. The molecule has 0 aromatic heterocycles. The Morgan fingerprint density at radius 3 is 2.32 bits per heavy atom. The number of ether oxygens (including phenoxy) is 1. The van der Waals surface area contributed by atoms with Crippen LogP contribution in [0.25, 0.3) is 11.1 Å². The number of carboxylic acids is 1. The molecule has 1 unspecified atom stereocenters. The molecule has 1 atom stereocenters. The molecular weight excluding hydrogens is 356 g/mol. The molecule has 0 aliphatic carbocycles. The van der Waals surface area contributed by atoms with Gasteiger partial charge in [0.25, 0.3) is 0 Å². The van der Waals surface area contributed by atoms with Gasteiger partial charge in [-0.3, -0.25) is 0 Å². The lowest BCUT2D eigenvalue weighted by molar-refractivity contribution is -0.136. The summed E-state index contributed by atoms with van der Waals surface area (Å²) in [6, 6.07) is 18.7. The third-order valence-electron chi connectivity index (χ3n) is 4.67. The first-order valence-electron chi connectivity index (χ1n) is 8.57. The summed E-state index contributed by atoms with van der Waals surface area (Å²) in [5.74, 6) is -2.86. The summed E-state index contributed by atoms with van der Waals surface area (Å²) in [6.07, 6.45) is 0. The van der Waals surface area contributed by atoms with Crippen molar-refractivity contribution in [3.8, 4) is 17.2 Å². The fourth-order valence-electron chi connectivity index (χ4n) is 3.47. The van der Waals surface area contributed by atoms with Crippen LogP contribution in [-0.2, 0) is 14.3 Å². The average molecular weight is 374 g/mol. The van der Waals surface area contributed by atoms with Crippen LogP contribution in [0.5, 0.6) is 0 Å². The Kier molecular flexibility index (Phi) is 5.28. The second-order valence-electron chi connectivity index (χ2n) is 6.25. The van der Waals surface area contributed by atoms with Gasteiger partial charge in [0.1, 0.15) is 11.8 Å². The minimum Gasteiger partial charge on any atom is -0.478 e. The maximum absolute atomic E-state index is 12.6. The summed E-state index contributed by atoms with van der Waals surface area (Å²) in [7, 11) is 1.20. The van der Waals surface area contributed by atoms with Gasteiger partial charge in [-0.15, -0.1) is 0 Å². The summed E-state index contributed by atoms with van der Waals surface area (Å²) < 4.78 is 4.88. The van der Waals surface area contributed by atoms with Crippen LogP contribution in [0.15, 0.2) is 77.1 Å². The van der Waals surface area contributed by atoms with Gasteiger partial charge in [-0.1, -0.05) is 54.6 Å². The zero-order valence-corrected chi connectivity index (χ0v) is 15.4. The second-order valence-corrected chi connectivity index (χ2v) is 6.25. The van der Waals surface area contributed by atoms with E-state index in [1.54, 1.807) is 19.1 Å². The van der Waals surface area contributed by atoms with Crippen molar-refractivity contribution in [2.75, 3.05) is 7.11 Å². The average Bonchev–Trinajstić information content (AvgIpc) is 2.72. The van der Waals surface area contributed by atoms with Gasteiger partial charge in [-0.25, -0.2) is 9.59 Å². The molecular formula is C22H18N2O4. The standard InChI is InChI=1S/C22H18N2O4/c1-13-18(21(25)26)19(20(22(27)28-2)17(12-23)24-13)16-11-7-6-10-15(16)14-8-4-3-5-9-14/h3-11,19,24H,1-2H3,(H,25,26). The number of aliphatic carboxylic acids is 1. The number of hydrogen-bond acceptors (Lipinski definition) is 5. The van der Waals surface area contributed by atoms with Crippen molar-refractivity contribution >= 4 is 11.9 Å². The van der Waals surface area contributed by atoms with Crippen LogP contribution in [0.1, 0.15) is 18.4 Å². The number of hydrogen-bond donors (Lipinski definition) is 2. The molecule has 2 N–H and O–H groups in total. The van der Waals surface area contributed by atoms with Crippen molar-refractivity contribution in [2.45, 2.75) is 12.8 Å². The van der Waals surface area contributed by atoms with Crippen molar-refractivity contribution in [1.29, 1.82) is 5.26 Å². The number of carbonyl (C=O) groups is 2. The predicted molar refractivity (Wildman–Crippen MR) is 103 cm³/mol. The third-order valence-corrected chi connectivity index (χ3v) is 4.67. The van der Waals surface area contributed by atoms with Crippen molar-refractivity contribution in [1.82, 2.24) is 5.32 Å². The summed E-state index contributed by atoms with van der Waals surface area (Å²) in [5.41, 5.74) is 2.55. The van der Waals surface area contributed by atoms with E-state index in [0.29, 0.717) is 11.3 Å². The lowest BCUT2D eigenvalue weighted by Crippen LogP contribution is -2.32. The normalized spacial score (nSPS) is 16.2. The molecule has 1 aliphatic rings. The summed E-state index contributed by atoms with van der Waals surface area (Å²) >= 11 is 0. The van der Waals surface area contributed by atoms with E-state index >= 15 is 0 Å². The number of dihydropyridines is 1. The maximum atomic E-state index is 12.6. The number of esters is 1. The first-order chi connectivity index (χ1) is 13.5. The molecule has 28 heavy (non-hydrogen) atoms. The molecule has 140 valence electrons.